The molecule has 11 heteroatoms. The van der Waals surface area contributed by atoms with E-state index < -0.39 is 17.4 Å². The van der Waals surface area contributed by atoms with E-state index in [4.69, 9.17) is 4.74 Å². The van der Waals surface area contributed by atoms with E-state index in [1.165, 1.54) is 29.0 Å². The summed E-state index contributed by atoms with van der Waals surface area (Å²) in [7, 11) is 2.02. The molecule has 5 N–H and O–H groups in total. The summed E-state index contributed by atoms with van der Waals surface area (Å²) < 4.78 is 7.23. The number of aliphatic hydroxyl groups excluding tert-OH is 1. The van der Waals surface area contributed by atoms with Gasteiger partial charge in [0, 0.05) is 50.0 Å². The van der Waals surface area contributed by atoms with Gasteiger partial charge in [-0.1, -0.05) is 31.0 Å². The SMILES string of the molecule is CN(CCOCCCCCCNC[C@@H](O)c1ccc(O)c2[nH]c(=O)ccc12)Cc1cccc(-n2ccc(=O)[nH]c2=O)c1. The van der Waals surface area contributed by atoms with Crippen molar-refractivity contribution in [2.24, 2.45) is 0 Å². The van der Waals surface area contributed by atoms with Crippen LogP contribution in [0.2, 0.25) is 0 Å². The zero-order valence-corrected chi connectivity index (χ0v) is 23.8. The molecule has 0 bridgehead atoms. The third-order valence-electron chi connectivity index (χ3n) is 7.08. The number of rotatable bonds is 16. The van der Waals surface area contributed by atoms with E-state index in [0.717, 1.165) is 44.3 Å². The summed E-state index contributed by atoms with van der Waals surface area (Å²) in [5.41, 5.74) is 1.57. The Bertz CT molecular complexity index is 1630. The molecule has 0 saturated carbocycles. The minimum Gasteiger partial charge on any atom is -0.506 e. The van der Waals surface area contributed by atoms with Gasteiger partial charge in [-0.2, -0.15) is 0 Å². The Kier molecular flexibility index (Phi) is 11.2. The van der Waals surface area contributed by atoms with Gasteiger partial charge in [0.05, 0.1) is 23.9 Å². The number of unbranched alkanes of at least 4 members (excludes halogenated alkanes) is 3. The number of pyridine rings is 1. The number of hydrogen-bond acceptors (Lipinski definition) is 8. The van der Waals surface area contributed by atoms with E-state index in [2.05, 4.69) is 20.2 Å². The predicted octanol–water partition coefficient (Wildman–Crippen LogP) is 2.40. The quantitative estimate of drug-likeness (QED) is 0.127. The maximum absolute atomic E-state index is 12.1. The number of ether oxygens (including phenoxy) is 1. The van der Waals surface area contributed by atoms with Crippen molar-refractivity contribution in [3.63, 3.8) is 0 Å². The Morgan fingerprint density at radius 3 is 2.60 bits per heavy atom. The molecule has 0 spiro atoms. The molecular formula is C31H39N5O6. The number of aromatic hydroxyl groups is 1. The van der Waals surface area contributed by atoms with Gasteiger partial charge in [-0.3, -0.25) is 24.0 Å². The van der Waals surface area contributed by atoms with Crippen LogP contribution in [-0.2, 0) is 11.3 Å². The molecule has 0 aliphatic carbocycles. The second-order valence-corrected chi connectivity index (χ2v) is 10.4. The van der Waals surface area contributed by atoms with Crippen LogP contribution in [0.1, 0.15) is 42.9 Å². The summed E-state index contributed by atoms with van der Waals surface area (Å²) in [5, 5.41) is 24.5. The number of likely N-dealkylation sites (N-methyl/N-ethyl adjacent to an activating group) is 1. The molecule has 0 amide bonds. The van der Waals surface area contributed by atoms with Crippen molar-refractivity contribution in [2.45, 2.75) is 38.3 Å². The third kappa shape index (κ3) is 8.73. The number of aliphatic hydroxyl groups is 1. The average molecular weight is 578 g/mol. The number of aromatic nitrogens is 3. The van der Waals surface area contributed by atoms with Gasteiger partial charge in [0.15, 0.2) is 0 Å². The molecule has 0 fully saturated rings. The van der Waals surface area contributed by atoms with Crippen molar-refractivity contribution in [1.29, 1.82) is 0 Å². The molecule has 2 heterocycles. The van der Waals surface area contributed by atoms with Crippen molar-refractivity contribution < 1.29 is 14.9 Å². The number of hydrogen-bond donors (Lipinski definition) is 5. The summed E-state index contributed by atoms with van der Waals surface area (Å²) in [6, 6.07) is 15.2. The van der Waals surface area contributed by atoms with Gasteiger partial charge >= 0.3 is 5.69 Å². The van der Waals surface area contributed by atoms with Gasteiger partial charge in [0.2, 0.25) is 5.56 Å². The number of benzene rings is 2. The first-order valence-corrected chi connectivity index (χ1v) is 14.2. The lowest BCUT2D eigenvalue weighted by Gasteiger charge is -2.17. The van der Waals surface area contributed by atoms with E-state index in [1.54, 1.807) is 12.1 Å². The van der Waals surface area contributed by atoms with Crippen LogP contribution in [0.4, 0.5) is 0 Å². The highest BCUT2D eigenvalue weighted by Gasteiger charge is 2.13. The number of aromatic amines is 2. The Hall–Kier alpha value is -4.03. The summed E-state index contributed by atoms with van der Waals surface area (Å²) in [5.74, 6) is -0.0199. The molecule has 11 nitrogen and oxygen atoms in total. The first-order chi connectivity index (χ1) is 20.3. The number of phenols is 1. The van der Waals surface area contributed by atoms with E-state index in [9.17, 15) is 24.6 Å². The van der Waals surface area contributed by atoms with E-state index >= 15 is 0 Å². The highest BCUT2D eigenvalue weighted by molar-refractivity contribution is 5.87. The Balaban J connectivity index is 1.05. The van der Waals surface area contributed by atoms with Gasteiger partial charge in [0.25, 0.3) is 5.56 Å². The zero-order valence-electron chi connectivity index (χ0n) is 23.8. The third-order valence-corrected chi connectivity index (χ3v) is 7.08. The van der Waals surface area contributed by atoms with Crippen molar-refractivity contribution in [3.8, 4) is 11.4 Å². The summed E-state index contributed by atoms with van der Waals surface area (Å²) in [6.45, 7) is 4.00. The number of nitrogens with zero attached hydrogens (tertiary/aromatic N) is 2. The fraction of sp³-hybridized carbons (Fsp3) is 0.387. The van der Waals surface area contributed by atoms with E-state index in [0.29, 0.717) is 48.5 Å². The van der Waals surface area contributed by atoms with Gasteiger partial charge < -0.3 is 25.3 Å². The van der Waals surface area contributed by atoms with Crippen LogP contribution in [0.25, 0.3) is 16.6 Å². The van der Waals surface area contributed by atoms with Crippen LogP contribution < -0.4 is 22.1 Å². The van der Waals surface area contributed by atoms with Crippen LogP contribution in [0.15, 0.2) is 75.2 Å². The van der Waals surface area contributed by atoms with E-state index in [-0.39, 0.29) is 11.3 Å². The number of nitrogens with one attached hydrogen (secondary N) is 3. The van der Waals surface area contributed by atoms with E-state index in [1.807, 2.05) is 31.3 Å². The van der Waals surface area contributed by atoms with Gasteiger partial charge in [-0.15, -0.1) is 0 Å². The molecule has 0 aliphatic rings. The lowest BCUT2D eigenvalue weighted by atomic mass is 10.0. The molecular weight excluding hydrogens is 538 g/mol. The Morgan fingerprint density at radius 2 is 1.76 bits per heavy atom. The normalized spacial score (nSPS) is 12.3. The summed E-state index contributed by atoms with van der Waals surface area (Å²) in [4.78, 5) is 42.0. The second-order valence-electron chi connectivity index (χ2n) is 10.4. The molecule has 0 unspecified atom stereocenters. The molecule has 0 radical (unpaired) electrons. The average Bonchev–Trinajstić information content (AvgIpc) is 2.96. The predicted molar refractivity (Wildman–Crippen MR) is 162 cm³/mol. The highest BCUT2D eigenvalue weighted by Crippen LogP contribution is 2.28. The van der Waals surface area contributed by atoms with Gasteiger partial charge in [0.1, 0.15) is 5.75 Å². The lowest BCUT2D eigenvalue weighted by molar-refractivity contribution is 0.106. The molecule has 1 atom stereocenters. The smallest absolute Gasteiger partial charge is 0.332 e. The Morgan fingerprint density at radius 1 is 0.952 bits per heavy atom. The summed E-state index contributed by atoms with van der Waals surface area (Å²) >= 11 is 0. The van der Waals surface area contributed by atoms with Crippen LogP contribution >= 0.6 is 0 Å². The topological polar surface area (TPSA) is 153 Å². The van der Waals surface area contributed by atoms with Crippen LogP contribution in [0, 0.1) is 0 Å². The van der Waals surface area contributed by atoms with Crippen LogP contribution in [0.5, 0.6) is 5.75 Å². The minimum atomic E-state index is -0.755. The number of H-pyrrole nitrogens is 2. The maximum Gasteiger partial charge on any atom is 0.332 e. The molecule has 0 saturated heterocycles. The van der Waals surface area contributed by atoms with Crippen molar-refractivity contribution in [1.82, 2.24) is 24.8 Å². The molecule has 224 valence electrons. The molecule has 42 heavy (non-hydrogen) atoms. The fourth-order valence-electron chi connectivity index (χ4n) is 4.84. The zero-order chi connectivity index (χ0) is 29.9. The Labute approximate surface area is 243 Å². The van der Waals surface area contributed by atoms with Crippen molar-refractivity contribution >= 4 is 10.9 Å². The standard InChI is InChI=1S/C31H39N5O6/c1-35(21-22-7-6-8-23(19-22)36-15-13-29(40)34-31(36)41)16-18-42-17-5-3-2-4-14-32-20-27(38)24-9-11-26(37)30-25(24)10-12-28(39)33-30/h6-13,15,19,27,32,37-38H,2-5,14,16-18,20-21H2,1H3,(H,33,39)(H,34,40,41)/t27-/m1/s1. The number of phenolic OH excluding ortho intramolecular Hbond substituents is 1. The molecule has 2 aromatic heterocycles. The second kappa shape index (κ2) is 15.3. The molecule has 0 aliphatic heterocycles. The molecule has 4 rings (SSSR count). The number of fused-ring (bicyclic) bond motifs is 1. The molecule has 2 aromatic carbocycles. The van der Waals surface area contributed by atoms with Crippen molar-refractivity contribution in [2.75, 3.05) is 39.9 Å². The highest BCUT2D eigenvalue weighted by atomic mass is 16.5. The molecule has 4 aromatic rings. The van der Waals surface area contributed by atoms with Crippen molar-refractivity contribution in [3.05, 3.63) is 103 Å². The monoisotopic (exact) mass is 577 g/mol. The fourth-order valence-corrected chi connectivity index (χ4v) is 4.84. The lowest BCUT2D eigenvalue weighted by Crippen LogP contribution is -2.27. The van der Waals surface area contributed by atoms with Crippen LogP contribution in [-0.4, -0.2) is 69.5 Å². The minimum absolute atomic E-state index is 0.0199. The first-order valence-electron chi connectivity index (χ1n) is 14.2. The van der Waals surface area contributed by atoms with Gasteiger partial charge in [-0.05, 0) is 61.8 Å². The first kappa shape index (κ1) is 30.9. The largest absolute Gasteiger partial charge is 0.506 e. The van der Waals surface area contributed by atoms with Crippen LogP contribution in [0.3, 0.4) is 0 Å². The van der Waals surface area contributed by atoms with Gasteiger partial charge in [-0.25, -0.2) is 4.79 Å². The summed E-state index contributed by atoms with van der Waals surface area (Å²) in [6.07, 6.45) is 4.82. The maximum atomic E-state index is 12.1.